The summed E-state index contributed by atoms with van der Waals surface area (Å²) in [4.78, 5) is 57.0. The van der Waals surface area contributed by atoms with Gasteiger partial charge in [-0.15, -0.1) is 0 Å². The number of hydrogen-bond donors (Lipinski definition) is 4. The predicted octanol–water partition coefficient (Wildman–Crippen LogP) is 3.04. The molecule has 4 amide bonds. The molecule has 0 radical (unpaired) electrons. The summed E-state index contributed by atoms with van der Waals surface area (Å²) in [6.07, 6.45) is 4.32. The van der Waals surface area contributed by atoms with Crippen molar-refractivity contribution in [2.75, 3.05) is 20.7 Å². The number of nitrogens with one attached hydrogen (secondary N) is 4. The van der Waals surface area contributed by atoms with E-state index in [4.69, 9.17) is 9.47 Å². The zero-order valence-electron chi connectivity index (χ0n) is 28.2. The third-order valence-electron chi connectivity index (χ3n) is 8.92. The first kappa shape index (κ1) is 35.5. The highest BCUT2D eigenvalue weighted by atomic mass is 16.5. The van der Waals surface area contributed by atoms with Gasteiger partial charge in [-0.25, -0.2) is 0 Å². The summed E-state index contributed by atoms with van der Waals surface area (Å²) in [6, 6.07) is 11.4. The van der Waals surface area contributed by atoms with E-state index in [1.54, 1.807) is 38.4 Å². The topological polar surface area (TPSA) is 138 Å². The summed E-state index contributed by atoms with van der Waals surface area (Å²) < 4.78 is 11.9. The lowest BCUT2D eigenvalue weighted by Crippen LogP contribution is -2.60. The number of fused-ring (bicyclic) bond motifs is 3. The van der Waals surface area contributed by atoms with Crippen LogP contribution in [0, 0.1) is 11.8 Å². The Kier molecular flexibility index (Phi) is 12.4. The minimum Gasteiger partial charge on any atom is -0.496 e. The fourth-order valence-corrected chi connectivity index (χ4v) is 6.23. The van der Waals surface area contributed by atoms with Crippen LogP contribution in [0.1, 0.15) is 58.1 Å². The first-order chi connectivity index (χ1) is 22.6. The van der Waals surface area contributed by atoms with E-state index in [0.29, 0.717) is 29.9 Å². The number of amides is 4. The van der Waals surface area contributed by atoms with Crippen LogP contribution < -0.4 is 30.7 Å². The average molecular weight is 648 g/mol. The highest BCUT2D eigenvalue weighted by Gasteiger charge is 2.46. The summed E-state index contributed by atoms with van der Waals surface area (Å²) >= 11 is 0. The van der Waals surface area contributed by atoms with Crippen LogP contribution in [0.4, 0.5) is 0 Å². The normalized spacial score (nSPS) is 21.5. The summed E-state index contributed by atoms with van der Waals surface area (Å²) in [6.45, 7) is 8.22. The molecule has 2 aromatic rings. The van der Waals surface area contributed by atoms with Crippen molar-refractivity contribution in [3.63, 3.8) is 0 Å². The minimum absolute atomic E-state index is 0.0529. The molecule has 2 aliphatic rings. The van der Waals surface area contributed by atoms with Crippen molar-refractivity contribution in [2.24, 2.45) is 11.8 Å². The Morgan fingerprint density at radius 3 is 2.49 bits per heavy atom. The first-order valence-electron chi connectivity index (χ1n) is 16.5. The van der Waals surface area contributed by atoms with E-state index >= 15 is 0 Å². The van der Waals surface area contributed by atoms with Gasteiger partial charge >= 0.3 is 0 Å². The summed E-state index contributed by atoms with van der Waals surface area (Å²) in [7, 11) is 3.29. The summed E-state index contributed by atoms with van der Waals surface area (Å²) in [5.74, 6) is -0.312. The van der Waals surface area contributed by atoms with E-state index in [-0.39, 0.29) is 36.6 Å². The molecule has 2 heterocycles. The van der Waals surface area contributed by atoms with E-state index in [2.05, 4.69) is 21.3 Å². The maximum Gasteiger partial charge on any atom is 0.247 e. The number of carbonyl (C=O) groups is 4. The molecule has 6 atom stereocenters. The smallest absolute Gasteiger partial charge is 0.247 e. The molecule has 2 aromatic carbocycles. The zero-order chi connectivity index (χ0) is 34.1. The molecule has 11 heteroatoms. The van der Waals surface area contributed by atoms with Gasteiger partial charge in [-0.1, -0.05) is 64.4 Å². The number of benzene rings is 2. The van der Waals surface area contributed by atoms with Crippen LogP contribution in [-0.2, 0) is 25.6 Å². The number of hydrogen-bond acceptors (Lipinski definition) is 7. The Balaban J connectivity index is 1.70. The number of methoxy groups -OCH3 is 1. The second-order valence-corrected chi connectivity index (χ2v) is 12.8. The van der Waals surface area contributed by atoms with Gasteiger partial charge in [0, 0.05) is 31.1 Å². The minimum atomic E-state index is -1.05. The lowest BCUT2D eigenvalue weighted by atomic mass is 9.96. The molecule has 0 aromatic heterocycles. The number of likely N-dealkylation sites (N-methyl/N-ethyl adjacent to an activating group) is 1. The highest BCUT2D eigenvalue weighted by Crippen LogP contribution is 2.30. The van der Waals surface area contributed by atoms with E-state index in [1.165, 1.54) is 11.1 Å². The Hall–Kier alpha value is -4.38. The van der Waals surface area contributed by atoms with Crippen LogP contribution >= 0.6 is 0 Å². The van der Waals surface area contributed by atoms with Crippen molar-refractivity contribution in [3.05, 3.63) is 65.9 Å². The van der Waals surface area contributed by atoms with Crippen LogP contribution in [0.2, 0.25) is 0 Å². The van der Waals surface area contributed by atoms with Crippen LogP contribution in [0.15, 0.2) is 54.7 Å². The quantitative estimate of drug-likeness (QED) is 0.294. The fourth-order valence-electron chi connectivity index (χ4n) is 6.23. The van der Waals surface area contributed by atoms with Gasteiger partial charge in [-0.2, -0.15) is 0 Å². The highest BCUT2D eigenvalue weighted by molar-refractivity contribution is 5.96. The van der Waals surface area contributed by atoms with Crippen molar-refractivity contribution >= 4 is 29.7 Å². The molecule has 254 valence electrons. The Morgan fingerprint density at radius 1 is 1.09 bits per heavy atom. The Bertz CT molecular complexity index is 1430. The third-order valence-corrected chi connectivity index (χ3v) is 8.92. The van der Waals surface area contributed by atoms with Crippen molar-refractivity contribution in [2.45, 2.75) is 83.6 Å². The van der Waals surface area contributed by atoms with Gasteiger partial charge in [0.1, 0.15) is 35.7 Å². The van der Waals surface area contributed by atoms with Gasteiger partial charge in [-0.05, 0) is 55.1 Å². The molecule has 2 bridgehead atoms. The lowest BCUT2D eigenvalue weighted by Gasteiger charge is -2.33. The van der Waals surface area contributed by atoms with Crippen LogP contribution in [0.5, 0.6) is 11.5 Å². The summed E-state index contributed by atoms with van der Waals surface area (Å²) in [5, 5.41) is 11.8. The Morgan fingerprint density at radius 2 is 1.83 bits per heavy atom. The largest absolute Gasteiger partial charge is 0.496 e. The van der Waals surface area contributed by atoms with E-state index in [1.807, 2.05) is 58.0 Å². The zero-order valence-corrected chi connectivity index (χ0v) is 28.2. The molecule has 1 fully saturated rings. The van der Waals surface area contributed by atoms with Gasteiger partial charge in [-0.3, -0.25) is 19.2 Å². The van der Waals surface area contributed by atoms with Crippen LogP contribution in [0.25, 0.3) is 6.08 Å². The molecule has 6 unspecified atom stereocenters. The van der Waals surface area contributed by atoms with Gasteiger partial charge in [0.2, 0.25) is 23.6 Å². The molecule has 11 nitrogen and oxygen atoms in total. The lowest BCUT2D eigenvalue weighted by molar-refractivity contribution is -0.144. The second kappa shape index (κ2) is 16.4. The predicted molar refractivity (Wildman–Crippen MR) is 180 cm³/mol. The molecule has 0 saturated carbocycles. The molecular weight excluding hydrogens is 598 g/mol. The van der Waals surface area contributed by atoms with Crippen molar-refractivity contribution in [1.29, 1.82) is 0 Å². The number of nitrogens with zero attached hydrogens (tertiary/aromatic N) is 1. The number of carbonyl (C=O) groups excluding carboxylic acids is 4. The van der Waals surface area contributed by atoms with Gasteiger partial charge in [0.15, 0.2) is 0 Å². The fraction of sp³-hybridized carbons (Fsp3) is 0.500. The number of likely N-dealkylation sites (tertiary alicyclic amines) is 1. The molecule has 0 spiro atoms. The molecular formula is C36H49N5O6. The van der Waals surface area contributed by atoms with Crippen molar-refractivity contribution in [1.82, 2.24) is 26.2 Å². The van der Waals surface area contributed by atoms with Crippen LogP contribution in [0.3, 0.4) is 0 Å². The second-order valence-electron chi connectivity index (χ2n) is 12.8. The van der Waals surface area contributed by atoms with Gasteiger partial charge in [0.05, 0.1) is 13.2 Å². The first-order valence-corrected chi connectivity index (χ1v) is 16.5. The van der Waals surface area contributed by atoms with Crippen molar-refractivity contribution < 1.29 is 28.7 Å². The van der Waals surface area contributed by atoms with Gasteiger partial charge < -0.3 is 35.6 Å². The molecule has 4 N–H and O–H groups in total. The standard InChI is InChI=1S/C36H49N5O6/c1-7-23(4)31(37-5)34(43)40-28(19-22(2)3)36(45)41-18-16-30-32(41)35(44)39-27(20-24-11-9-8-10-12-24)33(42)38-17-15-25-21-26(47-30)13-14-29(25)46-6/h8-15,17,21-23,27-28,30-32,37H,7,16,18-20H2,1-6H3,(H,38,42)(H,39,44)(H,40,43). The Labute approximate surface area is 277 Å². The molecule has 0 aliphatic carbocycles. The van der Waals surface area contributed by atoms with Crippen molar-refractivity contribution in [3.8, 4) is 11.5 Å². The maximum absolute atomic E-state index is 14.3. The van der Waals surface area contributed by atoms with E-state index < -0.39 is 42.1 Å². The summed E-state index contributed by atoms with van der Waals surface area (Å²) in [5.41, 5.74) is 1.54. The third kappa shape index (κ3) is 8.91. The van der Waals surface area contributed by atoms with E-state index in [0.717, 1.165) is 12.0 Å². The van der Waals surface area contributed by atoms with E-state index in [9.17, 15) is 19.2 Å². The number of rotatable bonds is 11. The van der Waals surface area contributed by atoms with Crippen LogP contribution in [-0.4, -0.2) is 79.5 Å². The molecule has 47 heavy (non-hydrogen) atoms. The monoisotopic (exact) mass is 647 g/mol. The molecule has 2 aliphatic heterocycles. The maximum atomic E-state index is 14.3. The number of ether oxygens (including phenoxy) is 2. The van der Waals surface area contributed by atoms with Gasteiger partial charge in [0.25, 0.3) is 0 Å². The molecule has 1 saturated heterocycles. The average Bonchev–Trinajstić information content (AvgIpc) is 3.47. The molecule has 4 rings (SSSR count). The SMILES string of the molecule is CCC(C)C(NC)C(=O)NC(CC(C)C)C(=O)N1CCC2Oc3ccc(OC)c(c3)C=CNC(=O)C(Cc3ccccc3)NC(=O)C21.